The van der Waals surface area contributed by atoms with E-state index in [1.54, 1.807) is 11.8 Å². The molecule has 0 aromatic heterocycles. The van der Waals surface area contributed by atoms with Crippen LogP contribution in [-0.4, -0.2) is 25.2 Å². The summed E-state index contributed by atoms with van der Waals surface area (Å²) < 4.78 is 12.1. The summed E-state index contributed by atoms with van der Waals surface area (Å²) in [7, 11) is -1.88. The molecule has 0 atom stereocenters. The van der Waals surface area contributed by atoms with Gasteiger partial charge in [-0.15, -0.1) is 11.8 Å². The molecule has 3 heteroatoms. The van der Waals surface area contributed by atoms with Crippen LogP contribution in [0.15, 0.2) is 29.2 Å². The normalized spacial score (nSPS) is 25.1. The number of rotatable bonds is 3. The quantitative estimate of drug-likeness (QED) is 0.569. The fourth-order valence-corrected chi connectivity index (χ4v) is 4.86. The molecule has 0 amide bonds. The smallest absolute Gasteiger partial charge is 0.0848 e. The number of hydrogen-bond acceptors (Lipinski definition) is 2. The van der Waals surface area contributed by atoms with E-state index in [0.29, 0.717) is 11.6 Å². The zero-order chi connectivity index (χ0) is 13.2. The molecule has 0 aliphatic heterocycles. The molecule has 18 heavy (non-hydrogen) atoms. The zero-order valence-corrected chi connectivity index (χ0v) is 13.3. The van der Waals surface area contributed by atoms with Gasteiger partial charge in [0.1, 0.15) is 0 Å². The molecule has 0 unspecified atom stereocenters. The summed E-state index contributed by atoms with van der Waals surface area (Å²) in [6.45, 7) is 3.90. The van der Waals surface area contributed by atoms with Crippen LogP contribution >= 0.6 is 18.9 Å². The van der Waals surface area contributed by atoms with Gasteiger partial charge in [0.15, 0.2) is 0 Å². The number of thioether (sulfide) groups is 1. The standard InChI is InChI=1S/C15H23OPS/c1-17(2,16)14-8-4-12(5-9-14)13-6-10-15(18-3)11-7-13/h6-7,10-12,14H,4-5,8-9H2,1-3H3. The second-order valence-electron chi connectivity index (χ2n) is 5.71. The number of benzene rings is 1. The SMILES string of the molecule is CSc1ccc(C2CCC(P(C)(C)=O)CC2)cc1. The summed E-state index contributed by atoms with van der Waals surface area (Å²) in [5.41, 5.74) is 1.94. The van der Waals surface area contributed by atoms with Crippen molar-refractivity contribution in [1.29, 1.82) is 0 Å². The second kappa shape index (κ2) is 5.84. The molecule has 0 bridgehead atoms. The van der Waals surface area contributed by atoms with Crippen molar-refractivity contribution in [2.24, 2.45) is 0 Å². The van der Waals surface area contributed by atoms with Gasteiger partial charge in [0.25, 0.3) is 0 Å². The highest BCUT2D eigenvalue weighted by molar-refractivity contribution is 7.98. The first-order valence-electron chi connectivity index (χ1n) is 6.69. The van der Waals surface area contributed by atoms with Gasteiger partial charge in [0.2, 0.25) is 0 Å². The molecule has 1 aliphatic carbocycles. The van der Waals surface area contributed by atoms with Crippen LogP contribution in [0.5, 0.6) is 0 Å². The largest absolute Gasteiger partial charge is 0.324 e. The van der Waals surface area contributed by atoms with Gasteiger partial charge in [0.05, 0.1) is 7.14 Å². The van der Waals surface area contributed by atoms with Gasteiger partial charge >= 0.3 is 0 Å². The summed E-state index contributed by atoms with van der Waals surface area (Å²) >= 11 is 1.79. The van der Waals surface area contributed by atoms with Crippen molar-refractivity contribution in [2.75, 3.05) is 19.6 Å². The van der Waals surface area contributed by atoms with Crippen molar-refractivity contribution >= 4 is 18.9 Å². The minimum Gasteiger partial charge on any atom is -0.324 e. The van der Waals surface area contributed by atoms with E-state index in [0.717, 1.165) is 12.8 Å². The Morgan fingerprint density at radius 1 is 1.06 bits per heavy atom. The molecule has 0 heterocycles. The summed E-state index contributed by atoms with van der Waals surface area (Å²) in [6, 6.07) is 8.98. The molecule has 1 aromatic rings. The minimum absolute atomic E-state index is 0.472. The Labute approximate surface area is 115 Å². The van der Waals surface area contributed by atoms with E-state index < -0.39 is 7.14 Å². The van der Waals surface area contributed by atoms with Crippen molar-refractivity contribution < 1.29 is 4.57 Å². The van der Waals surface area contributed by atoms with E-state index in [1.807, 2.05) is 13.3 Å². The molecule has 0 saturated heterocycles. The average Bonchev–Trinajstić information content (AvgIpc) is 2.38. The van der Waals surface area contributed by atoms with E-state index in [4.69, 9.17) is 0 Å². The van der Waals surface area contributed by atoms with Gasteiger partial charge < -0.3 is 4.57 Å². The number of hydrogen-bond donors (Lipinski definition) is 0. The molecular formula is C15H23OPS. The highest BCUT2D eigenvalue weighted by Crippen LogP contribution is 2.51. The molecule has 0 radical (unpaired) electrons. The first-order chi connectivity index (χ1) is 8.50. The van der Waals surface area contributed by atoms with Crippen LogP contribution in [0.4, 0.5) is 0 Å². The monoisotopic (exact) mass is 282 g/mol. The first-order valence-corrected chi connectivity index (χ1v) is 10.6. The third-order valence-corrected chi connectivity index (χ3v) is 7.18. The maximum absolute atomic E-state index is 12.1. The lowest BCUT2D eigenvalue weighted by Gasteiger charge is -2.31. The fraction of sp³-hybridized carbons (Fsp3) is 0.600. The Morgan fingerprint density at radius 2 is 1.61 bits per heavy atom. The summed E-state index contributed by atoms with van der Waals surface area (Å²) in [5, 5.41) is 0. The van der Waals surface area contributed by atoms with Crippen LogP contribution in [0.3, 0.4) is 0 Å². The Balaban J connectivity index is 1.98. The third kappa shape index (κ3) is 3.42. The van der Waals surface area contributed by atoms with E-state index in [2.05, 4.69) is 30.5 Å². The lowest BCUT2D eigenvalue weighted by Crippen LogP contribution is -2.17. The van der Waals surface area contributed by atoms with Crippen LogP contribution in [0.1, 0.15) is 37.2 Å². The molecule has 1 aromatic carbocycles. The van der Waals surface area contributed by atoms with E-state index in [-0.39, 0.29) is 0 Å². The van der Waals surface area contributed by atoms with Crippen molar-refractivity contribution in [1.82, 2.24) is 0 Å². The Hall–Kier alpha value is -0.200. The predicted octanol–water partition coefficient (Wildman–Crippen LogP) is 5.06. The highest BCUT2D eigenvalue weighted by atomic mass is 32.2. The Bertz CT molecular complexity index is 426. The molecular weight excluding hydrogens is 259 g/mol. The maximum Gasteiger partial charge on any atom is 0.0848 e. The van der Waals surface area contributed by atoms with Crippen LogP contribution in [0, 0.1) is 0 Å². The van der Waals surface area contributed by atoms with Crippen LogP contribution < -0.4 is 0 Å². The minimum atomic E-state index is -1.88. The van der Waals surface area contributed by atoms with Gasteiger partial charge in [-0.1, -0.05) is 12.1 Å². The fourth-order valence-electron chi connectivity index (χ4n) is 2.91. The van der Waals surface area contributed by atoms with Crippen LogP contribution in [0.25, 0.3) is 0 Å². The van der Waals surface area contributed by atoms with Crippen LogP contribution in [0.2, 0.25) is 0 Å². The molecule has 100 valence electrons. The topological polar surface area (TPSA) is 17.1 Å². The third-order valence-electron chi connectivity index (χ3n) is 4.16. The van der Waals surface area contributed by atoms with Gasteiger partial charge in [0, 0.05) is 10.6 Å². The molecule has 1 saturated carbocycles. The Morgan fingerprint density at radius 3 is 2.06 bits per heavy atom. The lowest BCUT2D eigenvalue weighted by molar-refractivity contribution is 0.437. The van der Waals surface area contributed by atoms with Gasteiger partial charge in [-0.2, -0.15) is 0 Å². The van der Waals surface area contributed by atoms with E-state index >= 15 is 0 Å². The summed E-state index contributed by atoms with van der Waals surface area (Å²) in [4.78, 5) is 1.33. The predicted molar refractivity (Wildman–Crippen MR) is 82.7 cm³/mol. The molecule has 1 aliphatic rings. The van der Waals surface area contributed by atoms with Gasteiger partial charge in [-0.25, -0.2) is 0 Å². The molecule has 0 N–H and O–H groups in total. The lowest BCUT2D eigenvalue weighted by atomic mass is 9.84. The van der Waals surface area contributed by atoms with Crippen molar-refractivity contribution in [2.45, 2.75) is 42.2 Å². The van der Waals surface area contributed by atoms with Crippen LogP contribution in [-0.2, 0) is 4.57 Å². The van der Waals surface area contributed by atoms with Gasteiger partial charge in [-0.05, 0) is 68.9 Å². The highest BCUT2D eigenvalue weighted by Gasteiger charge is 2.29. The Kier molecular flexibility index (Phi) is 4.61. The average molecular weight is 282 g/mol. The maximum atomic E-state index is 12.1. The van der Waals surface area contributed by atoms with Gasteiger partial charge in [-0.3, -0.25) is 0 Å². The molecule has 1 fully saturated rings. The summed E-state index contributed by atoms with van der Waals surface area (Å²) in [6.07, 6.45) is 6.79. The molecule has 2 rings (SSSR count). The van der Waals surface area contributed by atoms with E-state index in [1.165, 1.54) is 23.3 Å². The first kappa shape index (κ1) is 14.2. The molecule has 1 nitrogen and oxygen atoms in total. The van der Waals surface area contributed by atoms with Crippen molar-refractivity contribution in [3.63, 3.8) is 0 Å². The second-order valence-corrected chi connectivity index (χ2v) is 10.2. The zero-order valence-electron chi connectivity index (χ0n) is 11.6. The molecule has 0 spiro atoms. The van der Waals surface area contributed by atoms with Crippen molar-refractivity contribution in [3.05, 3.63) is 29.8 Å². The van der Waals surface area contributed by atoms with Crippen molar-refractivity contribution in [3.8, 4) is 0 Å². The van der Waals surface area contributed by atoms with E-state index in [9.17, 15) is 4.57 Å². The summed E-state index contributed by atoms with van der Waals surface area (Å²) in [5.74, 6) is 0.684.